The van der Waals surface area contributed by atoms with Crippen molar-refractivity contribution >= 4 is 29.1 Å². The van der Waals surface area contributed by atoms with Gasteiger partial charge in [0, 0.05) is 42.1 Å². The quantitative estimate of drug-likeness (QED) is 0.927. The number of nitrogens with one attached hydrogen (secondary N) is 1. The van der Waals surface area contributed by atoms with Crippen molar-refractivity contribution in [3.63, 3.8) is 0 Å². The zero-order valence-corrected chi connectivity index (χ0v) is 12.5. The first kappa shape index (κ1) is 14.9. The van der Waals surface area contributed by atoms with Crippen molar-refractivity contribution in [1.29, 1.82) is 0 Å². The summed E-state index contributed by atoms with van der Waals surface area (Å²) in [6.45, 7) is 4.90. The van der Waals surface area contributed by atoms with Gasteiger partial charge in [-0.25, -0.2) is 0 Å². The Bertz CT molecular complexity index is 499. The van der Waals surface area contributed by atoms with E-state index in [-0.39, 0.29) is 23.7 Å². The van der Waals surface area contributed by atoms with Gasteiger partial charge in [-0.3, -0.25) is 9.59 Å². The van der Waals surface area contributed by atoms with Crippen LogP contribution in [0.15, 0.2) is 24.3 Å². The van der Waals surface area contributed by atoms with Gasteiger partial charge in [0.25, 0.3) is 0 Å². The van der Waals surface area contributed by atoms with Crippen molar-refractivity contribution in [2.45, 2.75) is 20.3 Å². The topological polar surface area (TPSA) is 49.4 Å². The predicted molar refractivity (Wildman–Crippen MR) is 79.8 cm³/mol. The summed E-state index contributed by atoms with van der Waals surface area (Å²) in [6.07, 6.45) is 0.473. The highest BCUT2D eigenvalue weighted by Crippen LogP contribution is 2.25. The van der Waals surface area contributed by atoms with Crippen LogP contribution in [0.5, 0.6) is 0 Å². The van der Waals surface area contributed by atoms with E-state index in [2.05, 4.69) is 5.32 Å². The van der Waals surface area contributed by atoms with Gasteiger partial charge in [-0.05, 0) is 24.3 Å². The standard InChI is InChI=1S/C15H19ClN2O2/c1-10(2)15(20)17-8-11-7-14(19)18(9-11)13-5-3-12(16)4-6-13/h3-6,10-11H,7-9H2,1-2H3,(H,17,20)/t11-/m1/s1. The number of carbonyl (C=O) groups is 2. The maximum Gasteiger partial charge on any atom is 0.227 e. The van der Waals surface area contributed by atoms with E-state index in [9.17, 15) is 9.59 Å². The van der Waals surface area contributed by atoms with Gasteiger partial charge in [0.05, 0.1) is 0 Å². The summed E-state index contributed by atoms with van der Waals surface area (Å²) < 4.78 is 0. The molecule has 108 valence electrons. The Labute approximate surface area is 124 Å². The molecule has 1 heterocycles. The molecule has 1 atom stereocenters. The number of benzene rings is 1. The zero-order valence-electron chi connectivity index (χ0n) is 11.7. The van der Waals surface area contributed by atoms with E-state index in [1.165, 1.54) is 0 Å². The first-order valence-corrected chi connectivity index (χ1v) is 7.19. The minimum absolute atomic E-state index is 0.0283. The second-order valence-electron chi connectivity index (χ2n) is 5.45. The van der Waals surface area contributed by atoms with E-state index < -0.39 is 0 Å². The average Bonchev–Trinajstić information content (AvgIpc) is 2.78. The van der Waals surface area contributed by atoms with Gasteiger partial charge in [-0.15, -0.1) is 0 Å². The molecule has 0 aliphatic carbocycles. The first-order chi connectivity index (χ1) is 9.47. The summed E-state index contributed by atoms with van der Waals surface area (Å²) in [7, 11) is 0. The van der Waals surface area contributed by atoms with Crippen molar-refractivity contribution in [2.75, 3.05) is 18.0 Å². The fourth-order valence-electron chi connectivity index (χ4n) is 2.24. The monoisotopic (exact) mass is 294 g/mol. The number of rotatable bonds is 4. The Kier molecular flexibility index (Phi) is 4.65. The minimum atomic E-state index is -0.0283. The maximum absolute atomic E-state index is 12.0. The second-order valence-corrected chi connectivity index (χ2v) is 5.89. The Hall–Kier alpha value is -1.55. The molecule has 1 aliphatic rings. The van der Waals surface area contributed by atoms with E-state index in [4.69, 9.17) is 11.6 Å². The molecule has 0 radical (unpaired) electrons. The Morgan fingerprint density at radius 1 is 1.40 bits per heavy atom. The van der Waals surface area contributed by atoms with Crippen molar-refractivity contribution in [3.8, 4) is 0 Å². The highest BCUT2D eigenvalue weighted by molar-refractivity contribution is 6.30. The predicted octanol–water partition coefficient (Wildman–Crippen LogP) is 2.47. The van der Waals surface area contributed by atoms with Gasteiger partial charge in [0.1, 0.15) is 0 Å². The van der Waals surface area contributed by atoms with E-state index in [0.29, 0.717) is 24.5 Å². The van der Waals surface area contributed by atoms with Crippen LogP contribution in [0.1, 0.15) is 20.3 Å². The Morgan fingerprint density at radius 2 is 2.05 bits per heavy atom. The molecule has 0 spiro atoms. The number of carbonyl (C=O) groups excluding carboxylic acids is 2. The normalized spacial score (nSPS) is 18.7. The van der Waals surface area contributed by atoms with Crippen molar-refractivity contribution in [2.24, 2.45) is 11.8 Å². The number of nitrogens with zero attached hydrogens (tertiary/aromatic N) is 1. The molecule has 1 aliphatic heterocycles. The van der Waals surface area contributed by atoms with Crippen molar-refractivity contribution in [3.05, 3.63) is 29.3 Å². The molecule has 2 rings (SSSR count). The smallest absolute Gasteiger partial charge is 0.227 e. The number of halogens is 1. The summed E-state index contributed by atoms with van der Waals surface area (Å²) >= 11 is 5.85. The minimum Gasteiger partial charge on any atom is -0.356 e. The fraction of sp³-hybridized carbons (Fsp3) is 0.467. The molecule has 0 saturated carbocycles. The van der Waals surface area contributed by atoms with E-state index in [1.807, 2.05) is 26.0 Å². The molecule has 2 amide bonds. The molecule has 1 saturated heterocycles. The van der Waals surface area contributed by atoms with Gasteiger partial charge >= 0.3 is 0 Å². The molecule has 1 N–H and O–H groups in total. The van der Waals surface area contributed by atoms with Crippen LogP contribution in [0.2, 0.25) is 5.02 Å². The van der Waals surface area contributed by atoms with Crippen molar-refractivity contribution in [1.82, 2.24) is 5.32 Å². The molecular formula is C15H19ClN2O2. The zero-order chi connectivity index (χ0) is 14.7. The number of hydrogen-bond acceptors (Lipinski definition) is 2. The van der Waals surface area contributed by atoms with Crippen LogP contribution in [0.25, 0.3) is 0 Å². The SMILES string of the molecule is CC(C)C(=O)NC[C@H]1CC(=O)N(c2ccc(Cl)cc2)C1. The number of amides is 2. The molecule has 0 bridgehead atoms. The third-order valence-corrected chi connectivity index (χ3v) is 3.68. The highest BCUT2D eigenvalue weighted by atomic mass is 35.5. The maximum atomic E-state index is 12.0. The van der Waals surface area contributed by atoms with Gasteiger partial charge in [-0.1, -0.05) is 25.4 Å². The lowest BCUT2D eigenvalue weighted by Crippen LogP contribution is -2.33. The summed E-state index contributed by atoms with van der Waals surface area (Å²) in [6, 6.07) is 7.24. The Morgan fingerprint density at radius 3 is 2.65 bits per heavy atom. The third-order valence-electron chi connectivity index (χ3n) is 3.43. The van der Waals surface area contributed by atoms with Crippen LogP contribution in [0.3, 0.4) is 0 Å². The van der Waals surface area contributed by atoms with Crippen LogP contribution >= 0.6 is 11.6 Å². The van der Waals surface area contributed by atoms with Gasteiger partial charge < -0.3 is 10.2 Å². The molecular weight excluding hydrogens is 276 g/mol. The summed E-state index contributed by atoms with van der Waals surface area (Å²) in [5.74, 6) is 0.263. The lowest BCUT2D eigenvalue weighted by Gasteiger charge is -2.17. The molecule has 20 heavy (non-hydrogen) atoms. The van der Waals surface area contributed by atoms with Gasteiger partial charge in [-0.2, -0.15) is 0 Å². The van der Waals surface area contributed by atoms with E-state index in [1.54, 1.807) is 17.0 Å². The van der Waals surface area contributed by atoms with E-state index >= 15 is 0 Å². The van der Waals surface area contributed by atoms with Crippen LogP contribution in [0.4, 0.5) is 5.69 Å². The number of hydrogen-bond donors (Lipinski definition) is 1. The molecule has 0 unspecified atom stereocenters. The molecule has 1 aromatic rings. The van der Waals surface area contributed by atoms with Crippen LogP contribution < -0.4 is 10.2 Å². The van der Waals surface area contributed by atoms with Gasteiger partial charge in [0.15, 0.2) is 0 Å². The van der Waals surface area contributed by atoms with Crippen LogP contribution in [-0.4, -0.2) is 24.9 Å². The third kappa shape index (κ3) is 3.51. The summed E-state index contributed by atoms with van der Waals surface area (Å²) in [5.41, 5.74) is 0.858. The Balaban J connectivity index is 1.94. The lowest BCUT2D eigenvalue weighted by atomic mass is 10.1. The number of anilines is 1. The summed E-state index contributed by atoms with van der Waals surface area (Å²) in [4.78, 5) is 25.3. The molecule has 0 aromatic heterocycles. The lowest BCUT2D eigenvalue weighted by molar-refractivity contribution is -0.124. The van der Waals surface area contributed by atoms with Crippen LogP contribution in [0, 0.1) is 11.8 Å². The second kappa shape index (κ2) is 6.27. The molecule has 1 fully saturated rings. The summed E-state index contributed by atoms with van der Waals surface area (Å²) in [5, 5.41) is 3.54. The largest absolute Gasteiger partial charge is 0.356 e. The average molecular weight is 295 g/mol. The van der Waals surface area contributed by atoms with Gasteiger partial charge in [0.2, 0.25) is 11.8 Å². The first-order valence-electron chi connectivity index (χ1n) is 6.81. The molecule has 1 aromatic carbocycles. The fourth-order valence-corrected chi connectivity index (χ4v) is 2.36. The van der Waals surface area contributed by atoms with Crippen LogP contribution in [-0.2, 0) is 9.59 Å². The highest BCUT2D eigenvalue weighted by Gasteiger charge is 2.30. The van der Waals surface area contributed by atoms with Crippen molar-refractivity contribution < 1.29 is 9.59 Å². The molecule has 4 nitrogen and oxygen atoms in total. The van der Waals surface area contributed by atoms with E-state index in [0.717, 1.165) is 5.69 Å². The molecule has 5 heteroatoms.